The van der Waals surface area contributed by atoms with E-state index in [1.807, 2.05) is 24.3 Å². The number of halogens is 1. The summed E-state index contributed by atoms with van der Waals surface area (Å²) in [6.07, 6.45) is 0. The van der Waals surface area contributed by atoms with Crippen LogP contribution in [-0.2, 0) is 13.2 Å². The first kappa shape index (κ1) is 18.6. The molecule has 2 amide bonds. The van der Waals surface area contributed by atoms with Crippen molar-refractivity contribution in [1.82, 2.24) is 5.32 Å². The summed E-state index contributed by atoms with van der Waals surface area (Å²) in [6, 6.07) is 18.6. The molecule has 1 aliphatic rings. The second-order valence-corrected chi connectivity index (χ2v) is 6.40. The zero-order chi connectivity index (χ0) is 20.1. The first-order valence-corrected chi connectivity index (χ1v) is 9.07. The van der Waals surface area contributed by atoms with Crippen molar-refractivity contribution in [3.63, 3.8) is 0 Å². The van der Waals surface area contributed by atoms with Crippen LogP contribution in [0, 0.1) is 5.82 Å². The van der Waals surface area contributed by atoms with Crippen LogP contribution in [0.15, 0.2) is 66.7 Å². The van der Waals surface area contributed by atoms with E-state index < -0.39 is 6.03 Å². The van der Waals surface area contributed by atoms with Gasteiger partial charge in [-0.25, -0.2) is 9.18 Å². The highest BCUT2D eigenvalue weighted by Gasteiger charge is 2.13. The number of carbonyl (C=O) groups excluding carboxylic acids is 1. The van der Waals surface area contributed by atoms with Gasteiger partial charge in [0.15, 0.2) is 11.5 Å². The maximum absolute atomic E-state index is 13.6. The fourth-order valence-electron chi connectivity index (χ4n) is 2.86. The molecule has 0 bridgehead atoms. The van der Waals surface area contributed by atoms with E-state index in [0.717, 1.165) is 5.56 Å². The lowest BCUT2D eigenvalue weighted by atomic mass is 10.2. The van der Waals surface area contributed by atoms with Gasteiger partial charge in [-0.2, -0.15) is 0 Å². The lowest BCUT2D eigenvalue weighted by molar-refractivity contribution is 0.173. The molecule has 1 heterocycles. The highest BCUT2D eigenvalue weighted by atomic mass is 19.1. The summed E-state index contributed by atoms with van der Waals surface area (Å²) in [4.78, 5) is 12.1. The summed E-state index contributed by atoms with van der Waals surface area (Å²) in [5, 5.41) is 5.38. The Labute approximate surface area is 167 Å². The second-order valence-electron chi connectivity index (χ2n) is 6.40. The van der Waals surface area contributed by atoms with Gasteiger partial charge in [0, 0.05) is 23.9 Å². The van der Waals surface area contributed by atoms with Crippen molar-refractivity contribution in [3.8, 4) is 17.2 Å². The van der Waals surface area contributed by atoms with Crippen molar-refractivity contribution in [2.45, 2.75) is 13.2 Å². The van der Waals surface area contributed by atoms with Gasteiger partial charge in [0.05, 0.1) is 0 Å². The normalized spacial score (nSPS) is 11.8. The third-order valence-corrected chi connectivity index (χ3v) is 4.33. The summed E-state index contributed by atoms with van der Waals surface area (Å²) >= 11 is 0. The van der Waals surface area contributed by atoms with Crippen LogP contribution < -0.4 is 24.8 Å². The third kappa shape index (κ3) is 4.76. The molecule has 0 radical (unpaired) electrons. The highest BCUT2D eigenvalue weighted by Crippen LogP contribution is 2.35. The number of amides is 2. The van der Waals surface area contributed by atoms with Crippen molar-refractivity contribution in [1.29, 1.82) is 0 Å². The molecule has 6 nitrogen and oxygen atoms in total. The number of rotatable bonds is 6. The maximum atomic E-state index is 13.6. The van der Waals surface area contributed by atoms with Crippen molar-refractivity contribution in [2.24, 2.45) is 0 Å². The molecule has 7 heteroatoms. The number of carbonyl (C=O) groups is 1. The quantitative estimate of drug-likeness (QED) is 0.648. The van der Waals surface area contributed by atoms with Gasteiger partial charge in [-0.15, -0.1) is 0 Å². The molecule has 4 rings (SSSR count). The van der Waals surface area contributed by atoms with Crippen LogP contribution in [0.5, 0.6) is 17.2 Å². The number of anilines is 1. The van der Waals surface area contributed by atoms with Gasteiger partial charge in [0.25, 0.3) is 0 Å². The lowest BCUT2D eigenvalue weighted by Crippen LogP contribution is -2.28. The van der Waals surface area contributed by atoms with E-state index in [-0.39, 0.29) is 19.2 Å². The van der Waals surface area contributed by atoms with Gasteiger partial charge in [-0.3, -0.25) is 0 Å². The molecule has 148 valence electrons. The molecule has 0 saturated carbocycles. The van der Waals surface area contributed by atoms with Crippen molar-refractivity contribution in [2.75, 3.05) is 12.1 Å². The summed E-state index contributed by atoms with van der Waals surface area (Å²) in [7, 11) is 0. The number of hydrogen-bond acceptors (Lipinski definition) is 4. The standard InChI is InChI=1S/C22H19FN2O4/c23-19-7-2-1-5-16(19)12-24-22(26)25-17-6-3-4-15(10-17)13-27-18-8-9-20-21(11-18)29-14-28-20/h1-11H,12-14H2,(H2,24,25,26). The van der Waals surface area contributed by atoms with Crippen molar-refractivity contribution in [3.05, 3.63) is 83.7 Å². The molecule has 1 aliphatic heterocycles. The summed E-state index contributed by atoms with van der Waals surface area (Å²) in [5.74, 6) is 1.67. The van der Waals surface area contributed by atoms with Gasteiger partial charge < -0.3 is 24.8 Å². The molecule has 0 atom stereocenters. The predicted octanol–water partition coefficient (Wildman–Crippen LogP) is 4.46. The highest BCUT2D eigenvalue weighted by molar-refractivity contribution is 5.89. The molecular formula is C22H19FN2O4. The smallest absolute Gasteiger partial charge is 0.319 e. The molecule has 29 heavy (non-hydrogen) atoms. The third-order valence-electron chi connectivity index (χ3n) is 4.33. The Balaban J connectivity index is 1.31. The maximum Gasteiger partial charge on any atom is 0.319 e. The minimum atomic E-state index is -0.415. The largest absolute Gasteiger partial charge is 0.489 e. The van der Waals surface area contributed by atoms with E-state index >= 15 is 0 Å². The van der Waals surface area contributed by atoms with E-state index in [2.05, 4.69) is 10.6 Å². The van der Waals surface area contributed by atoms with Gasteiger partial charge in [0.1, 0.15) is 18.2 Å². The Morgan fingerprint density at radius 3 is 2.76 bits per heavy atom. The number of nitrogens with one attached hydrogen (secondary N) is 2. The van der Waals surface area contributed by atoms with Gasteiger partial charge in [0.2, 0.25) is 6.79 Å². The summed E-state index contributed by atoms with van der Waals surface area (Å²) in [6.45, 7) is 0.642. The lowest BCUT2D eigenvalue weighted by Gasteiger charge is -2.11. The Kier molecular flexibility index (Phi) is 5.47. The van der Waals surface area contributed by atoms with Crippen molar-refractivity contribution >= 4 is 11.7 Å². The molecular weight excluding hydrogens is 375 g/mol. The predicted molar refractivity (Wildman–Crippen MR) is 106 cm³/mol. The van der Waals surface area contributed by atoms with Crippen molar-refractivity contribution < 1.29 is 23.4 Å². The zero-order valence-electron chi connectivity index (χ0n) is 15.5. The van der Waals surface area contributed by atoms with Crippen LogP contribution in [-0.4, -0.2) is 12.8 Å². The SMILES string of the molecule is O=C(NCc1ccccc1F)Nc1cccc(COc2ccc3c(c2)OCO3)c1. The first-order chi connectivity index (χ1) is 14.2. The number of benzene rings is 3. The van der Waals surface area contributed by atoms with Gasteiger partial charge in [-0.1, -0.05) is 30.3 Å². The number of ether oxygens (including phenoxy) is 3. The molecule has 3 aromatic carbocycles. The van der Waals surface area contributed by atoms with Crippen LogP contribution in [0.2, 0.25) is 0 Å². The summed E-state index contributed by atoms with van der Waals surface area (Å²) < 4.78 is 30.0. The summed E-state index contributed by atoms with van der Waals surface area (Å²) in [5.41, 5.74) is 1.92. The fraction of sp³-hybridized carbons (Fsp3) is 0.136. The van der Waals surface area contributed by atoms with Gasteiger partial charge in [-0.05, 0) is 35.9 Å². The van der Waals surface area contributed by atoms with E-state index in [1.54, 1.807) is 36.4 Å². The first-order valence-electron chi connectivity index (χ1n) is 9.07. The second kappa shape index (κ2) is 8.52. The van der Waals surface area contributed by atoms with E-state index in [9.17, 15) is 9.18 Å². The van der Waals surface area contributed by atoms with Crippen LogP contribution in [0.4, 0.5) is 14.9 Å². The Bertz CT molecular complexity index is 1030. The molecule has 0 fully saturated rings. The van der Waals surface area contributed by atoms with Gasteiger partial charge >= 0.3 is 6.03 Å². The topological polar surface area (TPSA) is 68.8 Å². The minimum absolute atomic E-state index is 0.103. The average molecular weight is 394 g/mol. The molecule has 0 saturated heterocycles. The average Bonchev–Trinajstić information content (AvgIpc) is 3.20. The molecule has 0 aromatic heterocycles. The van der Waals surface area contributed by atoms with E-state index in [4.69, 9.17) is 14.2 Å². The zero-order valence-corrected chi connectivity index (χ0v) is 15.5. The molecule has 3 aromatic rings. The molecule has 0 aliphatic carbocycles. The van der Waals surface area contributed by atoms with Crippen LogP contribution in [0.3, 0.4) is 0 Å². The number of hydrogen-bond donors (Lipinski definition) is 2. The van der Waals surface area contributed by atoms with E-state index in [0.29, 0.717) is 35.1 Å². The molecule has 2 N–H and O–H groups in total. The number of urea groups is 1. The molecule has 0 spiro atoms. The number of fused-ring (bicyclic) bond motifs is 1. The minimum Gasteiger partial charge on any atom is -0.489 e. The fourth-order valence-corrected chi connectivity index (χ4v) is 2.86. The Morgan fingerprint density at radius 2 is 1.86 bits per heavy atom. The van der Waals surface area contributed by atoms with E-state index in [1.165, 1.54) is 6.07 Å². The Morgan fingerprint density at radius 1 is 1.00 bits per heavy atom. The van der Waals surface area contributed by atoms with Crippen LogP contribution in [0.25, 0.3) is 0 Å². The van der Waals surface area contributed by atoms with Crippen LogP contribution in [0.1, 0.15) is 11.1 Å². The molecule has 0 unspecified atom stereocenters. The Hall–Kier alpha value is -3.74. The monoisotopic (exact) mass is 394 g/mol. The van der Waals surface area contributed by atoms with Crippen LogP contribution >= 0.6 is 0 Å².